The van der Waals surface area contributed by atoms with Gasteiger partial charge in [-0.1, -0.05) is 12.1 Å². The molecule has 34 heavy (non-hydrogen) atoms. The summed E-state index contributed by atoms with van der Waals surface area (Å²) in [5, 5.41) is 2.78. The Kier molecular flexibility index (Phi) is 7.52. The van der Waals surface area contributed by atoms with Gasteiger partial charge >= 0.3 is 12.0 Å². The number of benzene rings is 3. The van der Waals surface area contributed by atoms with Gasteiger partial charge in [-0.3, -0.25) is 9.62 Å². The van der Waals surface area contributed by atoms with Crippen molar-refractivity contribution in [2.75, 3.05) is 16.7 Å². The van der Waals surface area contributed by atoms with E-state index >= 15 is 0 Å². The Morgan fingerprint density at radius 2 is 1.56 bits per heavy atom. The first-order valence-corrected chi connectivity index (χ1v) is 11.8. The van der Waals surface area contributed by atoms with E-state index in [2.05, 4.69) is 10.0 Å². The zero-order valence-corrected chi connectivity index (χ0v) is 19.6. The monoisotopic (exact) mass is 485 g/mol. The number of nitrogens with one attached hydrogen (secondary N) is 2. The summed E-state index contributed by atoms with van der Waals surface area (Å²) in [4.78, 5) is 25.8. The molecule has 0 fully saturated rings. The van der Waals surface area contributed by atoms with Gasteiger partial charge in [-0.05, 0) is 74.5 Å². The van der Waals surface area contributed by atoms with E-state index in [1.54, 1.807) is 31.3 Å². The summed E-state index contributed by atoms with van der Waals surface area (Å²) in [7, 11) is -2.42. The van der Waals surface area contributed by atoms with Gasteiger partial charge in [0.1, 0.15) is 11.6 Å². The minimum atomic E-state index is -4.04. The number of hydrogen-bond donors (Lipinski definition) is 2. The summed E-state index contributed by atoms with van der Waals surface area (Å²) in [5.74, 6) is -1.14. The molecule has 0 saturated heterocycles. The van der Waals surface area contributed by atoms with Crippen LogP contribution in [0.3, 0.4) is 0 Å². The Morgan fingerprint density at radius 3 is 2.15 bits per heavy atom. The maximum absolute atomic E-state index is 13.8. The van der Waals surface area contributed by atoms with Gasteiger partial charge in [0.05, 0.1) is 16.1 Å². The number of halogens is 1. The van der Waals surface area contributed by atoms with Crippen molar-refractivity contribution >= 4 is 33.4 Å². The summed E-state index contributed by atoms with van der Waals surface area (Å²) >= 11 is 0. The van der Waals surface area contributed by atoms with E-state index < -0.39 is 21.8 Å². The van der Waals surface area contributed by atoms with E-state index in [9.17, 15) is 22.4 Å². The topological polar surface area (TPSA) is 105 Å². The Labute approximate surface area is 197 Å². The fourth-order valence-corrected chi connectivity index (χ4v) is 3.95. The number of amides is 2. The Bertz CT molecular complexity index is 1280. The highest BCUT2D eigenvalue weighted by molar-refractivity contribution is 7.92. The molecule has 2 amide bonds. The molecule has 0 aliphatic rings. The third kappa shape index (κ3) is 6.10. The lowest BCUT2D eigenvalue weighted by atomic mass is 10.2. The van der Waals surface area contributed by atoms with Crippen molar-refractivity contribution in [1.82, 2.24) is 5.32 Å². The van der Waals surface area contributed by atoms with Crippen molar-refractivity contribution in [3.8, 4) is 5.75 Å². The largest absolute Gasteiger partial charge is 0.423 e. The number of urea groups is 1. The lowest BCUT2D eigenvalue weighted by Crippen LogP contribution is -2.40. The summed E-state index contributed by atoms with van der Waals surface area (Å²) in [5.41, 5.74) is 0.555. The van der Waals surface area contributed by atoms with Crippen LogP contribution in [-0.2, 0) is 10.0 Å². The molecule has 0 heterocycles. The molecule has 0 aliphatic carbocycles. The standard InChI is InChI=1S/C24H24FN3O5S/c1-16(2)26-24(30)28(3)18-10-12-19(13-11-18)33-23(29)17-8-14-20(15-9-17)34(31,32)27-22-7-5-4-6-21(22)25/h4-16,27H,1-3H3,(H,26,30). The van der Waals surface area contributed by atoms with Crippen molar-refractivity contribution in [3.05, 3.63) is 84.2 Å². The highest BCUT2D eigenvalue weighted by atomic mass is 32.2. The molecular weight excluding hydrogens is 461 g/mol. The Morgan fingerprint density at radius 1 is 0.941 bits per heavy atom. The van der Waals surface area contributed by atoms with Crippen molar-refractivity contribution in [1.29, 1.82) is 0 Å². The molecule has 3 aromatic carbocycles. The van der Waals surface area contributed by atoms with Gasteiger partial charge in [-0.15, -0.1) is 0 Å². The van der Waals surface area contributed by atoms with Crippen molar-refractivity contribution in [2.24, 2.45) is 0 Å². The summed E-state index contributed by atoms with van der Waals surface area (Å²) in [6, 6.07) is 16.5. The zero-order chi connectivity index (χ0) is 24.9. The highest BCUT2D eigenvalue weighted by Gasteiger charge is 2.18. The van der Waals surface area contributed by atoms with E-state index in [0.717, 1.165) is 6.07 Å². The van der Waals surface area contributed by atoms with Crippen LogP contribution >= 0.6 is 0 Å². The number of para-hydroxylation sites is 1. The van der Waals surface area contributed by atoms with Gasteiger partial charge < -0.3 is 10.1 Å². The van der Waals surface area contributed by atoms with Crippen molar-refractivity contribution < 1.29 is 27.1 Å². The van der Waals surface area contributed by atoms with Crippen LogP contribution in [0.15, 0.2) is 77.7 Å². The van der Waals surface area contributed by atoms with Gasteiger partial charge in [0, 0.05) is 18.8 Å². The molecule has 0 bridgehead atoms. The fraction of sp³-hybridized carbons (Fsp3) is 0.167. The maximum Gasteiger partial charge on any atom is 0.343 e. The molecule has 3 aromatic rings. The third-order valence-electron chi connectivity index (χ3n) is 4.67. The van der Waals surface area contributed by atoms with Crippen LogP contribution in [0.25, 0.3) is 0 Å². The van der Waals surface area contributed by atoms with Gasteiger partial charge in [0.25, 0.3) is 10.0 Å². The number of nitrogens with zero attached hydrogens (tertiary/aromatic N) is 1. The SMILES string of the molecule is CC(C)NC(=O)N(C)c1ccc(OC(=O)c2ccc(S(=O)(=O)Nc3ccccc3F)cc2)cc1. The van der Waals surface area contributed by atoms with Crippen LogP contribution in [0, 0.1) is 5.82 Å². The number of sulfonamides is 1. The predicted octanol–water partition coefficient (Wildman–Crippen LogP) is 4.40. The average molecular weight is 486 g/mol. The normalized spacial score (nSPS) is 11.1. The number of anilines is 2. The van der Waals surface area contributed by atoms with Crippen LogP contribution in [0.2, 0.25) is 0 Å². The second-order valence-electron chi connectivity index (χ2n) is 7.66. The summed E-state index contributed by atoms with van der Waals surface area (Å²) < 4.78 is 46.2. The molecule has 0 aliphatic heterocycles. The fourth-order valence-electron chi connectivity index (χ4n) is 2.88. The van der Waals surface area contributed by atoms with Gasteiger partial charge in [0.15, 0.2) is 0 Å². The molecule has 2 N–H and O–H groups in total. The molecule has 3 rings (SSSR count). The number of hydrogen-bond acceptors (Lipinski definition) is 5. The van der Waals surface area contributed by atoms with E-state index in [-0.39, 0.29) is 34.0 Å². The van der Waals surface area contributed by atoms with Crippen molar-refractivity contribution in [3.63, 3.8) is 0 Å². The Hall–Kier alpha value is -3.92. The lowest BCUT2D eigenvalue weighted by Gasteiger charge is -2.20. The summed E-state index contributed by atoms with van der Waals surface area (Å²) in [6.45, 7) is 3.71. The number of rotatable bonds is 7. The molecule has 178 valence electrons. The van der Waals surface area contributed by atoms with Crippen LogP contribution in [-0.4, -0.2) is 33.5 Å². The number of esters is 1. The van der Waals surface area contributed by atoms with E-state index in [0.29, 0.717) is 5.69 Å². The molecule has 0 radical (unpaired) electrons. The van der Waals surface area contributed by atoms with E-state index in [1.165, 1.54) is 47.4 Å². The maximum atomic E-state index is 13.8. The highest BCUT2D eigenvalue weighted by Crippen LogP contribution is 2.22. The van der Waals surface area contributed by atoms with Crippen LogP contribution in [0.4, 0.5) is 20.6 Å². The molecule has 0 aromatic heterocycles. The van der Waals surface area contributed by atoms with Gasteiger partial charge in [-0.2, -0.15) is 0 Å². The minimum absolute atomic E-state index is 0.00756. The molecule has 0 saturated carbocycles. The minimum Gasteiger partial charge on any atom is -0.423 e. The Balaban J connectivity index is 1.66. The van der Waals surface area contributed by atoms with Gasteiger partial charge in [0.2, 0.25) is 0 Å². The second kappa shape index (κ2) is 10.3. The predicted molar refractivity (Wildman–Crippen MR) is 127 cm³/mol. The third-order valence-corrected chi connectivity index (χ3v) is 6.05. The smallest absolute Gasteiger partial charge is 0.343 e. The van der Waals surface area contributed by atoms with Crippen LogP contribution in [0.1, 0.15) is 24.2 Å². The van der Waals surface area contributed by atoms with Crippen LogP contribution in [0.5, 0.6) is 5.75 Å². The zero-order valence-electron chi connectivity index (χ0n) is 18.8. The average Bonchev–Trinajstić information content (AvgIpc) is 2.80. The molecule has 0 atom stereocenters. The first-order valence-electron chi connectivity index (χ1n) is 10.3. The van der Waals surface area contributed by atoms with E-state index in [1.807, 2.05) is 13.8 Å². The summed E-state index contributed by atoms with van der Waals surface area (Å²) in [6.07, 6.45) is 0. The van der Waals surface area contributed by atoms with Gasteiger partial charge in [-0.25, -0.2) is 22.4 Å². The number of carbonyl (C=O) groups excluding carboxylic acids is 2. The number of ether oxygens (including phenoxy) is 1. The first-order chi connectivity index (χ1) is 16.1. The molecule has 8 nitrogen and oxygen atoms in total. The molecule has 0 unspecified atom stereocenters. The van der Waals surface area contributed by atoms with Crippen LogP contribution < -0.4 is 19.7 Å². The quantitative estimate of drug-likeness (QED) is 0.381. The second-order valence-corrected chi connectivity index (χ2v) is 9.34. The lowest BCUT2D eigenvalue weighted by molar-refractivity contribution is 0.0734. The van der Waals surface area contributed by atoms with E-state index in [4.69, 9.17) is 4.74 Å². The molecule has 0 spiro atoms. The first kappa shape index (κ1) is 24.7. The molecular formula is C24H24FN3O5S. The van der Waals surface area contributed by atoms with Crippen molar-refractivity contribution in [2.45, 2.75) is 24.8 Å². The molecule has 10 heteroatoms. The number of carbonyl (C=O) groups is 2.